The summed E-state index contributed by atoms with van der Waals surface area (Å²) in [5, 5.41) is 6.82. The Kier molecular flexibility index (Phi) is 6.51. The molecular formula is C28H28ClN5O2. The quantitative estimate of drug-likeness (QED) is 0.309. The minimum atomic E-state index is -0.483. The second-order valence-corrected chi connectivity index (χ2v) is 9.83. The summed E-state index contributed by atoms with van der Waals surface area (Å²) < 4.78 is 5.93. The van der Waals surface area contributed by atoms with Crippen LogP contribution in [-0.2, 0) is 10.3 Å². The third-order valence-corrected chi connectivity index (χ3v) is 6.57. The number of carbonyl (C=O) groups is 1. The first-order chi connectivity index (χ1) is 17.3. The molecule has 2 aromatic carbocycles. The van der Waals surface area contributed by atoms with E-state index in [0.29, 0.717) is 33.6 Å². The number of nitrogens with zero attached hydrogens (tertiary/aromatic N) is 2. The van der Waals surface area contributed by atoms with E-state index >= 15 is 0 Å². The molecule has 3 N–H and O–H groups in total. The molecule has 8 heteroatoms. The van der Waals surface area contributed by atoms with Gasteiger partial charge in [-0.3, -0.25) is 4.79 Å². The van der Waals surface area contributed by atoms with E-state index in [4.69, 9.17) is 21.3 Å². The standard InChI is InChI=1S/C28H28ClN5O2/c1-17(35)34-28(2,3)21-8-10-22(11-9-21)36-27-31-24-16-23(29)25(32-26(24)33-27)20-6-4-18(5-7-20)19-12-14-30-15-13-19/h4-12,16,30H,13-15H2,1-3H3,(H,34,35)(H,31,32,33). The molecule has 7 nitrogen and oxygen atoms in total. The third kappa shape index (κ3) is 5.12. The monoisotopic (exact) mass is 501 g/mol. The maximum atomic E-state index is 11.5. The van der Waals surface area contributed by atoms with Crippen LogP contribution in [0.5, 0.6) is 11.8 Å². The molecule has 1 amide bonds. The van der Waals surface area contributed by atoms with Crippen LogP contribution in [0.4, 0.5) is 0 Å². The summed E-state index contributed by atoms with van der Waals surface area (Å²) in [5.74, 6) is 0.536. The number of pyridine rings is 1. The number of fused-ring (bicyclic) bond motifs is 1. The van der Waals surface area contributed by atoms with Crippen LogP contribution >= 0.6 is 11.6 Å². The highest BCUT2D eigenvalue weighted by Crippen LogP contribution is 2.32. The summed E-state index contributed by atoms with van der Waals surface area (Å²) in [5.41, 5.74) is 5.89. The fourth-order valence-corrected chi connectivity index (χ4v) is 4.70. The summed E-state index contributed by atoms with van der Waals surface area (Å²) in [6, 6.07) is 18.0. The molecule has 0 saturated heterocycles. The van der Waals surface area contributed by atoms with Crippen molar-refractivity contribution in [2.24, 2.45) is 0 Å². The lowest BCUT2D eigenvalue weighted by Gasteiger charge is -2.26. The van der Waals surface area contributed by atoms with E-state index in [-0.39, 0.29) is 5.91 Å². The van der Waals surface area contributed by atoms with Crippen LogP contribution < -0.4 is 15.4 Å². The van der Waals surface area contributed by atoms with Crippen LogP contribution in [-0.4, -0.2) is 33.9 Å². The van der Waals surface area contributed by atoms with E-state index in [1.54, 1.807) is 0 Å². The summed E-state index contributed by atoms with van der Waals surface area (Å²) in [6.07, 6.45) is 3.26. The molecule has 0 aliphatic carbocycles. The highest BCUT2D eigenvalue weighted by Gasteiger charge is 2.21. The first-order valence-electron chi connectivity index (χ1n) is 11.9. The minimum absolute atomic E-state index is 0.0803. The fourth-order valence-electron chi connectivity index (χ4n) is 4.44. The number of halogens is 1. The predicted octanol–water partition coefficient (Wildman–Crippen LogP) is 5.82. The summed E-state index contributed by atoms with van der Waals surface area (Å²) in [6.45, 7) is 7.32. The van der Waals surface area contributed by atoms with Gasteiger partial charge in [0.2, 0.25) is 5.91 Å². The molecular weight excluding hydrogens is 474 g/mol. The number of benzene rings is 2. The Morgan fingerprint density at radius 2 is 1.78 bits per heavy atom. The first kappa shape index (κ1) is 24.0. The highest BCUT2D eigenvalue weighted by molar-refractivity contribution is 6.33. The average molecular weight is 502 g/mol. The molecule has 2 aromatic heterocycles. The van der Waals surface area contributed by atoms with Gasteiger partial charge in [-0.1, -0.05) is 54.1 Å². The van der Waals surface area contributed by atoms with Gasteiger partial charge in [0.05, 0.1) is 21.8 Å². The second-order valence-electron chi connectivity index (χ2n) is 9.43. The SMILES string of the molecule is CC(=O)NC(C)(C)c1ccc(Oc2nc3nc(-c4ccc(C5=CCNCC5)cc4)c(Cl)cc3[nH]2)cc1. The Morgan fingerprint density at radius 1 is 1.06 bits per heavy atom. The third-order valence-electron chi connectivity index (χ3n) is 6.28. The Hall–Kier alpha value is -3.68. The number of hydrogen-bond donors (Lipinski definition) is 3. The number of imidazole rings is 1. The second kappa shape index (κ2) is 9.76. The number of rotatable bonds is 6. The van der Waals surface area contributed by atoms with Gasteiger partial charge in [0, 0.05) is 19.0 Å². The topological polar surface area (TPSA) is 91.9 Å². The van der Waals surface area contributed by atoms with Crippen molar-refractivity contribution in [2.75, 3.05) is 13.1 Å². The van der Waals surface area contributed by atoms with E-state index in [0.717, 1.165) is 30.6 Å². The number of hydrogen-bond acceptors (Lipinski definition) is 5. The van der Waals surface area contributed by atoms with Crippen molar-refractivity contribution in [1.29, 1.82) is 0 Å². The van der Waals surface area contributed by atoms with E-state index in [1.165, 1.54) is 18.1 Å². The Labute approximate surface area is 215 Å². The zero-order chi connectivity index (χ0) is 25.3. The minimum Gasteiger partial charge on any atom is -0.426 e. The summed E-state index contributed by atoms with van der Waals surface area (Å²) >= 11 is 6.59. The molecule has 0 saturated carbocycles. The zero-order valence-corrected chi connectivity index (χ0v) is 21.2. The highest BCUT2D eigenvalue weighted by atomic mass is 35.5. The summed E-state index contributed by atoms with van der Waals surface area (Å²) in [4.78, 5) is 23.8. The van der Waals surface area contributed by atoms with Gasteiger partial charge in [-0.2, -0.15) is 4.98 Å². The van der Waals surface area contributed by atoms with E-state index < -0.39 is 5.54 Å². The van der Waals surface area contributed by atoms with Gasteiger partial charge in [-0.15, -0.1) is 0 Å². The largest absolute Gasteiger partial charge is 0.426 e. The Balaban J connectivity index is 1.35. The molecule has 0 unspecified atom stereocenters. The molecule has 0 atom stereocenters. The lowest BCUT2D eigenvalue weighted by atomic mass is 9.94. The van der Waals surface area contributed by atoms with Crippen LogP contribution in [0.3, 0.4) is 0 Å². The Morgan fingerprint density at radius 3 is 2.44 bits per heavy atom. The number of carbonyl (C=O) groups excluding carboxylic acids is 1. The maximum absolute atomic E-state index is 11.5. The molecule has 0 radical (unpaired) electrons. The molecule has 36 heavy (non-hydrogen) atoms. The van der Waals surface area contributed by atoms with Gasteiger partial charge in [0.25, 0.3) is 0 Å². The molecule has 184 valence electrons. The normalized spacial score (nSPS) is 13.9. The van der Waals surface area contributed by atoms with Crippen molar-refractivity contribution in [3.63, 3.8) is 0 Å². The van der Waals surface area contributed by atoms with E-state index in [1.807, 2.05) is 56.3 Å². The summed E-state index contributed by atoms with van der Waals surface area (Å²) in [7, 11) is 0. The van der Waals surface area contributed by atoms with E-state index in [2.05, 4.69) is 38.8 Å². The number of aromatic amines is 1. The number of nitrogens with one attached hydrogen (secondary N) is 3. The molecule has 1 aliphatic heterocycles. The lowest BCUT2D eigenvalue weighted by molar-refractivity contribution is -0.120. The molecule has 4 aromatic rings. The fraction of sp³-hybridized carbons (Fsp3) is 0.250. The van der Waals surface area contributed by atoms with Crippen molar-refractivity contribution in [3.8, 4) is 23.0 Å². The zero-order valence-electron chi connectivity index (χ0n) is 20.5. The predicted molar refractivity (Wildman–Crippen MR) is 143 cm³/mol. The van der Waals surface area contributed by atoms with Gasteiger partial charge < -0.3 is 20.4 Å². The van der Waals surface area contributed by atoms with Gasteiger partial charge >= 0.3 is 6.01 Å². The van der Waals surface area contributed by atoms with Crippen LogP contribution in [0.15, 0.2) is 60.7 Å². The molecule has 1 aliphatic rings. The number of aromatic nitrogens is 3. The van der Waals surface area contributed by atoms with Crippen molar-refractivity contribution in [3.05, 3.63) is 76.8 Å². The van der Waals surface area contributed by atoms with Gasteiger partial charge in [0.1, 0.15) is 5.75 Å². The van der Waals surface area contributed by atoms with Crippen LogP contribution in [0.25, 0.3) is 28.0 Å². The van der Waals surface area contributed by atoms with Crippen molar-refractivity contribution >= 4 is 34.2 Å². The van der Waals surface area contributed by atoms with Crippen LogP contribution in [0, 0.1) is 0 Å². The van der Waals surface area contributed by atoms with Gasteiger partial charge in [0.15, 0.2) is 5.65 Å². The first-order valence-corrected chi connectivity index (χ1v) is 12.3. The lowest BCUT2D eigenvalue weighted by Crippen LogP contribution is -2.39. The number of H-pyrrole nitrogens is 1. The van der Waals surface area contributed by atoms with Gasteiger partial charge in [-0.25, -0.2) is 4.98 Å². The van der Waals surface area contributed by atoms with Crippen LogP contribution in [0.1, 0.15) is 38.3 Å². The molecule has 0 fully saturated rings. The number of amides is 1. The molecule has 3 heterocycles. The van der Waals surface area contributed by atoms with Gasteiger partial charge in [-0.05, 0) is 61.7 Å². The molecule has 0 spiro atoms. The van der Waals surface area contributed by atoms with Crippen molar-refractivity contribution in [2.45, 2.75) is 32.7 Å². The van der Waals surface area contributed by atoms with Crippen LogP contribution in [0.2, 0.25) is 5.02 Å². The molecule has 0 bridgehead atoms. The number of ether oxygens (including phenoxy) is 1. The molecule has 5 rings (SSSR count). The Bertz CT molecular complexity index is 1440. The average Bonchev–Trinajstić information content (AvgIpc) is 3.24. The van der Waals surface area contributed by atoms with E-state index in [9.17, 15) is 4.79 Å². The smallest absolute Gasteiger partial charge is 0.301 e. The van der Waals surface area contributed by atoms with Crippen molar-refractivity contribution < 1.29 is 9.53 Å². The maximum Gasteiger partial charge on any atom is 0.301 e. The van der Waals surface area contributed by atoms with Crippen molar-refractivity contribution in [1.82, 2.24) is 25.6 Å².